The van der Waals surface area contributed by atoms with Crippen LogP contribution in [0.15, 0.2) is 23.3 Å². The number of aliphatic hydroxyl groups is 1. The predicted molar refractivity (Wildman–Crippen MR) is 67.1 cm³/mol. The van der Waals surface area contributed by atoms with Gasteiger partial charge in [-0.05, 0) is 18.3 Å². The summed E-state index contributed by atoms with van der Waals surface area (Å²) in [6.07, 6.45) is 0. The average molecular weight is 265 g/mol. The van der Waals surface area contributed by atoms with Gasteiger partial charge in [0.05, 0.1) is 4.92 Å². The smallest absolute Gasteiger partial charge is 0.270 e. The van der Waals surface area contributed by atoms with Gasteiger partial charge < -0.3 is 15.7 Å². The van der Waals surface area contributed by atoms with Crippen molar-refractivity contribution in [1.29, 1.82) is 0 Å². The third-order valence-electron chi connectivity index (χ3n) is 2.69. The minimum atomic E-state index is -1.63. The maximum absolute atomic E-state index is 10.7. The Morgan fingerprint density at radius 3 is 2.94 bits per heavy atom. The van der Waals surface area contributed by atoms with Gasteiger partial charge in [0.25, 0.3) is 11.5 Å². The highest BCUT2D eigenvalue weighted by molar-refractivity contribution is 7.80. The van der Waals surface area contributed by atoms with Crippen molar-refractivity contribution in [3.8, 4) is 0 Å². The Morgan fingerprint density at radius 2 is 2.22 bits per heavy atom. The lowest BCUT2D eigenvalue weighted by molar-refractivity contribution is -0.384. The number of anilines is 1. The van der Waals surface area contributed by atoms with Crippen LogP contribution in [0.4, 0.5) is 11.4 Å². The van der Waals surface area contributed by atoms with Gasteiger partial charge in [0.15, 0.2) is 5.11 Å². The zero-order valence-corrected chi connectivity index (χ0v) is 9.61. The molecule has 8 nitrogen and oxygen atoms in total. The quantitative estimate of drug-likeness (QED) is 0.317. The second-order valence-electron chi connectivity index (χ2n) is 3.85. The van der Waals surface area contributed by atoms with Crippen molar-refractivity contribution in [2.45, 2.75) is 5.85 Å². The van der Waals surface area contributed by atoms with Crippen LogP contribution in [-0.2, 0) is 0 Å². The zero-order valence-electron chi connectivity index (χ0n) is 8.80. The van der Waals surface area contributed by atoms with Crippen LogP contribution >= 0.6 is 12.2 Å². The van der Waals surface area contributed by atoms with Crippen LogP contribution in [0, 0.1) is 10.1 Å². The lowest BCUT2D eigenvalue weighted by Crippen LogP contribution is -2.62. The molecule has 0 amide bonds. The van der Waals surface area contributed by atoms with E-state index in [0.717, 1.165) is 0 Å². The van der Waals surface area contributed by atoms with Crippen molar-refractivity contribution in [3.05, 3.63) is 33.9 Å². The van der Waals surface area contributed by atoms with Gasteiger partial charge in [-0.3, -0.25) is 15.5 Å². The van der Waals surface area contributed by atoms with Gasteiger partial charge in [-0.1, -0.05) is 0 Å². The summed E-state index contributed by atoms with van der Waals surface area (Å²) in [6.45, 7) is 0. The number of hydrogen-bond donors (Lipinski definition) is 4. The van der Waals surface area contributed by atoms with Crippen LogP contribution in [0.2, 0.25) is 0 Å². The van der Waals surface area contributed by atoms with Gasteiger partial charge in [0.1, 0.15) is 5.71 Å². The maximum Gasteiger partial charge on any atom is 0.270 e. The number of nitrogens with zero attached hydrogens (tertiary/aromatic N) is 2. The van der Waals surface area contributed by atoms with Crippen LogP contribution in [0.25, 0.3) is 0 Å². The van der Waals surface area contributed by atoms with Crippen LogP contribution in [0.5, 0.6) is 0 Å². The third kappa shape index (κ3) is 1.41. The van der Waals surface area contributed by atoms with Crippen molar-refractivity contribution in [2.75, 3.05) is 5.32 Å². The van der Waals surface area contributed by atoms with Gasteiger partial charge in [-0.15, -0.1) is 0 Å². The van der Waals surface area contributed by atoms with E-state index in [1.165, 1.54) is 18.2 Å². The van der Waals surface area contributed by atoms with Crippen molar-refractivity contribution in [2.24, 2.45) is 5.10 Å². The lowest BCUT2D eigenvalue weighted by Gasteiger charge is -2.29. The molecule has 0 radical (unpaired) electrons. The molecule has 0 bridgehead atoms. The summed E-state index contributed by atoms with van der Waals surface area (Å²) in [7, 11) is 0. The van der Waals surface area contributed by atoms with E-state index in [4.69, 9.17) is 12.2 Å². The van der Waals surface area contributed by atoms with E-state index in [9.17, 15) is 15.2 Å². The molecule has 18 heavy (non-hydrogen) atoms. The summed E-state index contributed by atoms with van der Waals surface area (Å²) in [5.41, 5.74) is 3.65. The maximum atomic E-state index is 10.7. The van der Waals surface area contributed by atoms with E-state index < -0.39 is 10.8 Å². The third-order valence-corrected chi connectivity index (χ3v) is 2.88. The molecular formula is C9H7N5O3S. The first-order chi connectivity index (χ1) is 8.49. The summed E-state index contributed by atoms with van der Waals surface area (Å²) in [5, 5.41) is 30.5. The normalized spacial score (nSPS) is 24.1. The van der Waals surface area contributed by atoms with Crippen molar-refractivity contribution in [3.63, 3.8) is 0 Å². The molecule has 2 heterocycles. The molecule has 9 heteroatoms. The van der Waals surface area contributed by atoms with E-state index in [0.29, 0.717) is 11.3 Å². The van der Waals surface area contributed by atoms with E-state index >= 15 is 0 Å². The summed E-state index contributed by atoms with van der Waals surface area (Å²) in [4.78, 5) is 10.2. The fourth-order valence-electron chi connectivity index (χ4n) is 1.93. The van der Waals surface area contributed by atoms with Crippen LogP contribution < -0.4 is 16.1 Å². The second-order valence-corrected chi connectivity index (χ2v) is 4.26. The monoisotopic (exact) mass is 265 g/mol. The van der Waals surface area contributed by atoms with Gasteiger partial charge in [0, 0.05) is 23.4 Å². The highest BCUT2D eigenvalue weighted by atomic mass is 32.1. The predicted octanol–water partition coefficient (Wildman–Crippen LogP) is -0.152. The van der Waals surface area contributed by atoms with Crippen LogP contribution in [0.1, 0.15) is 5.56 Å². The van der Waals surface area contributed by atoms with Crippen molar-refractivity contribution < 1.29 is 10.0 Å². The molecule has 2 aliphatic rings. The summed E-state index contributed by atoms with van der Waals surface area (Å²) in [6, 6.07) is 4.20. The Bertz CT molecular complexity index is 616. The highest BCUT2D eigenvalue weighted by Crippen LogP contribution is 2.33. The van der Waals surface area contributed by atoms with E-state index in [-0.39, 0.29) is 16.5 Å². The SMILES string of the molecule is O=[N+]([O-])c1ccc2c(c1)C1=NNC(=S)N[C@@]1(O)N2. The molecule has 1 aromatic carbocycles. The highest BCUT2D eigenvalue weighted by Gasteiger charge is 2.45. The fraction of sp³-hybridized carbons (Fsp3) is 0.111. The largest absolute Gasteiger partial charge is 0.349 e. The number of nitro benzene ring substituents is 1. The average Bonchev–Trinajstić information content (AvgIpc) is 2.58. The molecule has 0 unspecified atom stereocenters. The van der Waals surface area contributed by atoms with E-state index in [1.807, 2.05) is 0 Å². The van der Waals surface area contributed by atoms with Crippen LogP contribution in [0.3, 0.4) is 0 Å². The van der Waals surface area contributed by atoms with E-state index in [1.54, 1.807) is 0 Å². The molecular weight excluding hydrogens is 258 g/mol. The zero-order chi connectivity index (χ0) is 12.9. The van der Waals surface area contributed by atoms with Gasteiger partial charge >= 0.3 is 0 Å². The minimum Gasteiger partial charge on any atom is -0.349 e. The Kier molecular flexibility index (Phi) is 2.03. The summed E-state index contributed by atoms with van der Waals surface area (Å²) >= 11 is 4.84. The first kappa shape index (κ1) is 10.9. The number of non-ortho nitro benzene ring substituents is 1. The molecule has 0 fully saturated rings. The molecule has 1 atom stereocenters. The topological polar surface area (TPSA) is 112 Å². The molecule has 3 rings (SSSR count). The summed E-state index contributed by atoms with van der Waals surface area (Å²) in [5.74, 6) is -1.63. The standard InChI is InChI=1S/C9H7N5O3S/c15-9-7(12-13-8(18)11-9)5-3-4(14(16)17)1-2-6(5)10-9/h1-3,10,15H,(H2,11,13,18)/t9-/m0/s1. The molecule has 92 valence electrons. The molecule has 0 saturated heterocycles. The molecule has 0 spiro atoms. The van der Waals surface area contributed by atoms with Gasteiger partial charge in [-0.25, -0.2) is 0 Å². The Morgan fingerprint density at radius 1 is 1.44 bits per heavy atom. The number of nitrogens with one attached hydrogen (secondary N) is 3. The Labute approximate surface area is 106 Å². The fourth-order valence-corrected chi connectivity index (χ4v) is 2.12. The van der Waals surface area contributed by atoms with Crippen molar-refractivity contribution in [1.82, 2.24) is 10.7 Å². The molecule has 0 aliphatic carbocycles. The second kappa shape index (κ2) is 3.37. The van der Waals surface area contributed by atoms with Crippen molar-refractivity contribution >= 4 is 34.4 Å². The Balaban J connectivity index is 2.14. The molecule has 1 aromatic rings. The number of nitro groups is 1. The number of benzene rings is 1. The molecule has 2 aliphatic heterocycles. The van der Waals surface area contributed by atoms with Gasteiger partial charge in [-0.2, -0.15) is 5.10 Å². The lowest BCUT2D eigenvalue weighted by atomic mass is 10.1. The first-order valence-corrected chi connectivity index (χ1v) is 5.36. The van der Waals surface area contributed by atoms with E-state index in [2.05, 4.69) is 21.2 Å². The number of hydrazone groups is 1. The number of fused-ring (bicyclic) bond motifs is 3. The molecule has 0 saturated carbocycles. The number of rotatable bonds is 1. The Hall–Kier alpha value is -2.26. The van der Waals surface area contributed by atoms with Crippen LogP contribution in [-0.4, -0.2) is 26.7 Å². The first-order valence-electron chi connectivity index (χ1n) is 4.95. The number of hydrogen-bond acceptors (Lipinski definition) is 6. The molecule has 4 N–H and O–H groups in total. The molecule has 0 aromatic heterocycles. The number of thiocarbonyl (C=S) groups is 1. The summed E-state index contributed by atoms with van der Waals surface area (Å²) < 4.78 is 0. The van der Waals surface area contributed by atoms with Gasteiger partial charge in [0.2, 0.25) is 0 Å². The minimum absolute atomic E-state index is 0.0735.